The van der Waals surface area contributed by atoms with E-state index < -0.39 is 12.6 Å². The van der Waals surface area contributed by atoms with Crippen LogP contribution in [0.3, 0.4) is 0 Å². The first-order chi connectivity index (χ1) is 11.7. The van der Waals surface area contributed by atoms with Crippen LogP contribution in [0.4, 0.5) is 0 Å². The predicted octanol–water partition coefficient (Wildman–Crippen LogP) is 1.79. The van der Waals surface area contributed by atoms with Crippen molar-refractivity contribution in [3.63, 3.8) is 0 Å². The minimum absolute atomic E-state index is 0.440. The van der Waals surface area contributed by atoms with Crippen LogP contribution in [-0.2, 0) is 32.0 Å². The molecule has 0 saturated heterocycles. The molecule has 2 heterocycles. The molecule has 0 fully saturated rings. The second-order valence-electron chi connectivity index (χ2n) is 5.16. The molecule has 24 heavy (non-hydrogen) atoms. The summed E-state index contributed by atoms with van der Waals surface area (Å²) in [4.78, 5) is 7.87. The molecule has 0 saturated carbocycles. The molecule has 0 aliphatic rings. The van der Waals surface area contributed by atoms with E-state index in [0.717, 1.165) is 36.1 Å². The van der Waals surface area contributed by atoms with Gasteiger partial charge in [0.2, 0.25) is 12.1 Å². The van der Waals surface area contributed by atoms with Crippen molar-refractivity contribution in [3.05, 3.63) is 23.8 Å². The summed E-state index contributed by atoms with van der Waals surface area (Å²) < 4.78 is 25.7. The number of nitrogens with zero attached hydrogens (tertiary/aromatic N) is 3. The van der Waals surface area contributed by atoms with Crippen molar-refractivity contribution in [2.45, 2.75) is 39.5 Å². The van der Waals surface area contributed by atoms with Crippen LogP contribution in [0.2, 0.25) is 0 Å². The Morgan fingerprint density at radius 3 is 2.21 bits per heavy atom. The van der Waals surface area contributed by atoms with Gasteiger partial charge in [0.15, 0.2) is 12.0 Å². The van der Waals surface area contributed by atoms with E-state index in [1.807, 2.05) is 6.20 Å². The average Bonchev–Trinajstić information content (AvgIpc) is 3.21. The van der Waals surface area contributed by atoms with Crippen molar-refractivity contribution < 1.29 is 23.5 Å². The molecule has 0 atom stereocenters. The van der Waals surface area contributed by atoms with Crippen molar-refractivity contribution in [3.8, 4) is 11.6 Å². The number of H-pyrrole nitrogens is 1. The molecule has 0 aliphatic heterocycles. The minimum Gasteiger partial charge on any atom is -0.350 e. The first kappa shape index (κ1) is 18.6. The molecule has 0 spiro atoms. The molecule has 134 valence electrons. The molecule has 0 aliphatic carbocycles. The fourth-order valence-electron chi connectivity index (χ4n) is 2.92. The lowest BCUT2D eigenvalue weighted by Crippen LogP contribution is -2.39. The molecule has 2 aromatic heterocycles. The SMILES string of the molecule is CCn1c(C(OC)OC)cnc1-c1[nH]cc(C(OC)OC)[n+]1CC. The zero-order valence-corrected chi connectivity index (χ0v) is 15.2. The number of rotatable bonds is 9. The lowest BCUT2D eigenvalue weighted by atomic mass is 10.4. The smallest absolute Gasteiger partial charge is 0.323 e. The second-order valence-corrected chi connectivity index (χ2v) is 5.16. The van der Waals surface area contributed by atoms with Crippen molar-refractivity contribution in [2.75, 3.05) is 28.4 Å². The lowest BCUT2D eigenvalue weighted by molar-refractivity contribution is -0.695. The molecular weight excluding hydrogens is 312 g/mol. The largest absolute Gasteiger partial charge is 0.350 e. The molecular formula is C16H27N4O4+. The number of ether oxygens (including phenoxy) is 4. The van der Waals surface area contributed by atoms with Gasteiger partial charge in [-0.2, -0.15) is 0 Å². The Labute approximate surface area is 142 Å². The molecule has 2 aromatic rings. The summed E-state index contributed by atoms with van der Waals surface area (Å²) in [6, 6.07) is 0. The number of hydrogen-bond acceptors (Lipinski definition) is 5. The Balaban J connectivity index is 2.53. The molecule has 0 bridgehead atoms. The van der Waals surface area contributed by atoms with E-state index >= 15 is 0 Å². The van der Waals surface area contributed by atoms with Crippen LogP contribution in [0.1, 0.15) is 37.8 Å². The third-order valence-corrected chi connectivity index (χ3v) is 4.01. The topological polar surface area (TPSA) is 74.4 Å². The van der Waals surface area contributed by atoms with Gasteiger partial charge in [-0.1, -0.05) is 0 Å². The second kappa shape index (κ2) is 8.39. The van der Waals surface area contributed by atoms with E-state index in [1.165, 1.54) is 0 Å². The maximum atomic E-state index is 5.38. The first-order valence-corrected chi connectivity index (χ1v) is 7.94. The summed E-state index contributed by atoms with van der Waals surface area (Å²) in [7, 11) is 6.46. The predicted molar refractivity (Wildman–Crippen MR) is 87.1 cm³/mol. The summed E-state index contributed by atoms with van der Waals surface area (Å²) in [6.07, 6.45) is 2.77. The van der Waals surface area contributed by atoms with Crippen LogP contribution < -0.4 is 4.57 Å². The maximum Gasteiger partial charge on any atom is 0.323 e. The summed E-state index contributed by atoms with van der Waals surface area (Å²) in [5.41, 5.74) is 1.77. The Hall–Kier alpha value is -1.74. The van der Waals surface area contributed by atoms with E-state index in [-0.39, 0.29) is 0 Å². The lowest BCUT2D eigenvalue weighted by Gasteiger charge is -2.15. The van der Waals surface area contributed by atoms with Gasteiger partial charge >= 0.3 is 5.82 Å². The molecule has 1 N–H and O–H groups in total. The zero-order valence-electron chi connectivity index (χ0n) is 15.2. The Morgan fingerprint density at radius 1 is 1.08 bits per heavy atom. The van der Waals surface area contributed by atoms with Gasteiger partial charge in [0, 0.05) is 35.0 Å². The van der Waals surface area contributed by atoms with Gasteiger partial charge < -0.3 is 23.5 Å². The molecule has 0 radical (unpaired) electrons. The highest BCUT2D eigenvalue weighted by molar-refractivity contribution is 5.42. The van der Waals surface area contributed by atoms with Gasteiger partial charge in [-0.3, -0.25) is 0 Å². The Kier molecular flexibility index (Phi) is 6.50. The van der Waals surface area contributed by atoms with Crippen LogP contribution in [-0.4, -0.2) is 43.0 Å². The number of hydrogen-bond donors (Lipinski definition) is 1. The van der Waals surface area contributed by atoms with Crippen LogP contribution >= 0.6 is 0 Å². The monoisotopic (exact) mass is 339 g/mol. The third-order valence-electron chi connectivity index (χ3n) is 4.01. The number of aromatic amines is 1. The van der Waals surface area contributed by atoms with E-state index in [9.17, 15) is 0 Å². The van der Waals surface area contributed by atoms with Gasteiger partial charge in [0.05, 0.1) is 18.4 Å². The fourth-order valence-corrected chi connectivity index (χ4v) is 2.92. The zero-order chi connectivity index (χ0) is 17.7. The highest BCUT2D eigenvalue weighted by Gasteiger charge is 2.29. The van der Waals surface area contributed by atoms with E-state index in [2.05, 4.69) is 32.9 Å². The number of nitrogens with one attached hydrogen (secondary N) is 1. The molecule has 8 heteroatoms. The van der Waals surface area contributed by atoms with Gasteiger partial charge in [-0.15, -0.1) is 0 Å². The highest BCUT2D eigenvalue weighted by atomic mass is 16.7. The summed E-state index contributed by atoms with van der Waals surface area (Å²) in [5, 5.41) is 0. The van der Waals surface area contributed by atoms with Gasteiger partial charge in [0.1, 0.15) is 6.20 Å². The summed E-state index contributed by atoms with van der Waals surface area (Å²) in [6.45, 7) is 5.62. The Morgan fingerprint density at radius 2 is 1.71 bits per heavy atom. The number of aromatic nitrogens is 4. The van der Waals surface area contributed by atoms with E-state index in [4.69, 9.17) is 18.9 Å². The molecule has 2 rings (SSSR count). The highest BCUT2D eigenvalue weighted by Crippen LogP contribution is 2.24. The standard InChI is InChI=1S/C16H26N4O4/c1-7-19-11(15(21-3)22-4)9-17-13(19)14-18-10-12(20(14)8-2)16(23-5)24-6/h9-10,15-16H,7-8H2,1-6H3/p+1. The summed E-state index contributed by atoms with van der Waals surface area (Å²) in [5.74, 6) is 1.69. The van der Waals surface area contributed by atoms with Crippen LogP contribution in [0.15, 0.2) is 12.4 Å². The third kappa shape index (κ3) is 3.23. The van der Waals surface area contributed by atoms with Crippen LogP contribution in [0, 0.1) is 0 Å². The van der Waals surface area contributed by atoms with Crippen LogP contribution in [0.25, 0.3) is 11.6 Å². The quantitative estimate of drug-likeness (QED) is 0.557. The van der Waals surface area contributed by atoms with Gasteiger partial charge in [0.25, 0.3) is 0 Å². The molecule has 0 unspecified atom stereocenters. The van der Waals surface area contributed by atoms with Gasteiger partial charge in [-0.25, -0.2) is 14.5 Å². The van der Waals surface area contributed by atoms with Crippen molar-refractivity contribution >= 4 is 0 Å². The average molecular weight is 339 g/mol. The Bertz CT molecular complexity index is 588. The van der Waals surface area contributed by atoms with Crippen molar-refractivity contribution in [2.24, 2.45) is 0 Å². The molecule has 8 nitrogen and oxygen atoms in total. The maximum absolute atomic E-state index is 5.38. The fraction of sp³-hybridized carbons (Fsp3) is 0.625. The normalized spacial score (nSPS) is 11.8. The molecule has 0 amide bonds. The minimum atomic E-state index is -0.457. The number of methoxy groups -OCH3 is 4. The summed E-state index contributed by atoms with van der Waals surface area (Å²) >= 11 is 0. The van der Waals surface area contributed by atoms with Crippen LogP contribution in [0.5, 0.6) is 0 Å². The van der Waals surface area contributed by atoms with E-state index in [1.54, 1.807) is 34.6 Å². The molecule has 0 aromatic carbocycles. The van der Waals surface area contributed by atoms with Crippen molar-refractivity contribution in [1.29, 1.82) is 0 Å². The first-order valence-electron chi connectivity index (χ1n) is 7.94. The van der Waals surface area contributed by atoms with Gasteiger partial charge in [-0.05, 0) is 13.8 Å². The number of imidazole rings is 2. The van der Waals surface area contributed by atoms with Crippen molar-refractivity contribution in [1.82, 2.24) is 14.5 Å². The van der Waals surface area contributed by atoms with E-state index in [0.29, 0.717) is 0 Å².